The van der Waals surface area contributed by atoms with Crippen LogP contribution in [0.15, 0.2) is 0 Å². The van der Waals surface area contributed by atoms with Gasteiger partial charge >= 0.3 is 5.97 Å². The van der Waals surface area contributed by atoms with Gasteiger partial charge in [0.2, 0.25) is 0 Å². The predicted octanol–water partition coefficient (Wildman–Crippen LogP) is 0.267. The maximum absolute atomic E-state index is 11.0. The molecule has 14 heavy (non-hydrogen) atoms. The van der Waals surface area contributed by atoms with Crippen LogP contribution in [0, 0.1) is 5.92 Å². The minimum absolute atomic E-state index is 0.130. The van der Waals surface area contributed by atoms with Crippen molar-refractivity contribution in [3.63, 3.8) is 0 Å². The van der Waals surface area contributed by atoms with Crippen LogP contribution in [0.1, 0.15) is 25.7 Å². The summed E-state index contributed by atoms with van der Waals surface area (Å²) in [6, 6.07) is 0.231. The first-order chi connectivity index (χ1) is 6.74. The number of hydrogen-bond acceptors (Lipinski definition) is 4. The van der Waals surface area contributed by atoms with E-state index in [1.807, 2.05) is 0 Å². The molecule has 0 aromatic heterocycles. The molecule has 1 saturated heterocycles. The van der Waals surface area contributed by atoms with Gasteiger partial charge in [0, 0.05) is 12.5 Å². The smallest absolute Gasteiger partial charge is 0.305 e. The monoisotopic (exact) mass is 200 g/mol. The molecule has 4 heteroatoms. The molecule has 3 N–H and O–H groups in total. The predicted molar refractivity (Wildman–Crippen MR) is 54.8 cm³/mol. The van der Waals surface area contributed by atoms with Gasteiger partial charge in [0.25, 0.3) is 0 Å². The van der Waals surface area contributed by atoms with E-state index in [0.29, 0.717) is 12.3 Å². The summed E-state index contributed by atoms with van der Waals surface area (Å²) < 4.78 is 4.61. The van der Waals surface area contributed by atoms with Gasteiger partial charge in [-0.25, -0.2) is 0 Å². The number of nitrogens with two attached hydrogens (primary N) is 1. The molecule has 0 aromatic rings. The fraction of sp³-hybridized carbons (Fsp3) is 0.900. The summed E-state index contributed by atoms with van der Waals surface area (Å²) in [5.41, 5.74) is 6.01. The Morgan fingerprint density at radius 1 is 1.50 bits per heavy atom. The zero-order valence-electron chi connectivity index (χ0n) is 8.79. The number of methoxy groups -OCH3 is 1. The Hall–Kier alpha value is -0.610. The summed E-state index contributed by atoms with van der Waals surface area (Å²) in [4.78, 5) is 11.0. The maximum Gasteiger partial charge on any atom is 0.305 e. The Bertz CT molecular complexity index is 185. The number of rotatable bonds is 3. The van der Waals surface area contributed by atoms with Gasteiger partial charge in [-0.05, 0) is 38.3 Å². The largest absolute Gasteiger partial charge is 0.469 e. The van der Waals surface area contributed by atoms with Gasteiger partial charge in [-0.15, -0.1) is 0 Å². The molecule has 0 aliphatic carbocycles. The molecule has 0 saturated carbocycles. The Labute approximate surface area is 85.2 Å². The molecular formula is C10H20N2O2. The number of carbonyl (C=O) groups excluding carboxylic acids is 1. The lowest BCUT2D eigenvalue weighted by Crippen LogP contribution is -2.30. The minimum atomic E-state index is -0.130. The van der Waals surface area contributed by atoms with E-state index >= 15 is 0 Å². The zero-order chi connectivity index (χ0) is 10.4. The van der Waals surface area contributed by atoms with Crippen LogP contribution in [0.2, 0.25) is 0 Å². The molecule has 0 aromatic carbocycles. The topological polar surface area (TPSA) is 64.3 Å². The molecule has 1 aliphatic rings. The standard InChI is InChI=1S/C10H20N2O2/c1-14-10(13)3-2-8-4-6-12-7-5-9(8)11/h8-9,12H,2-7,11H2,1H3/t8-,9+/m0/s1. The van der Waals surface area contributed by atoms with Gasteiger partial charge in [-0.2, -0.15) is 0 Å². The minimum Gasteiger partial charge on any atom is -0.469 e. The molecule has 2 atom stereocenters. The van der Waals surface area contributed by atoms with E-state index in [1.54, 1.807) is 0 Å². The van der Waals surface area contributed by atoms with Crippen LogP contribution >= 0.6 is 0 Å². The van der Waals surface area contributed by atoms with E-state index in [0.717, 1.165) is 32.4 Å². The van der Waals surface area contributed by atoms with Crippen molar-refractivity contribution in [1.82, 2.24) is 5.32 Å². The highest BCUT2D eigenvalue weighted by atomic mass is 16.5. The second-order valence-electron chi connectivity index (χ2n) is 3.87. The van der Waals surface area contributed by atoms with Crippen molar-refractivity contribution >= 4 is 5.97 Å². The second kappa shape index (κ2) is 5.98. The molecule has 0 amide bonds. The molecule has 0 spiro atoms. The van der Waals surface area contributed by atoms with E-state index in [4.69, 9.17) is 5.73 Å². The average molecular weight is 200 g/mol. The molecule has 0 bridgehead atoms. The van der Waals surface area contributed by atoms with E-state index in [-0.39, 0.29) is 12.0 Å². The number of ether oxygens (including phenoxy) is 1. The Morgan fingerprint density at radius 2 is 2.21 bits per heavy atom. The highest BCUT2D eigenvalue weighted by molar-refractivity contribution is 5.69. The highest BCUT2D eigenvalue weighted by Crippen LogP contribution is 2.18. The van der Waals surface area contributed by atoms with Gasteiger partial charge in [0.15, 0.2) is 0 Å². The summed E-state index contributed by atoms with van der Waals surface area (Å²) in [6.45, 7) is 2.01. The summed E-state index contributed by atoms with van der Waals surface area (Å²) in [5, 5.41) is 3.31. The molecule has 1 fully saturated rings. The van der Waals surface area contributed by atoms with Crippen molar-refractivity contribution in [2.45, 2.75) is 31.7 Å². The van der Waals surface area contributed by atoms with Crippen molar-refractivity contribution in [2.75, 3.05) is 20.2 Å². The summed E-state index contributed by atoms with van der Waals surface area (Å²) >= 11 is 0. The van der Waals surface area contributed by atoms with Gasteiger partial charge < -0.3 is 15.8 Å². The molecule has 1 rings (SSSR count). The number of carbonyl (C=O) groups is 1. The fourth-order valence-corrected chi connectivity index (χ4v) is 1.89. The van der Waals surface area contributed by atoms with Crippen molar-refractivity contribution in [2.24, 2.45) is 11.7 Å². The molecule has 0 radical (unpaired) electrons. The van der Waals surface area contributed by atoms with Gasteiger partial charge in [-0.3, -0.25) is 4.79 Å². The molecule has 0 unspecified atom stereocenters. The van der Waals surface area contributed by atoms with E-state index < -0.39 is 0 Å². The van der Waals surface area contributed by atoms with Crippen molar-refractivity contribution < 1.29 is 9.53 Å². The van der Waals surface area contributed by atoms with Crippen LogP contribution in [-0.2, 0) is 9.53 Å². The zero-order valence-corrected chi connectivity index (χ0v) is 8.79. The first kappa shape index (κ1) is 11.5. The normalized spacial score (nSPS) is 28.1. The van der Waals surface area contributed by atoms with Crippen LogP contribution in [0.3, 0.4) is 0 Å². The maximum atomic E-state index is 11.0. The van der Waals surface area contributed by atoms with Crippen molar-refractivity contribution in [3.8, 4) is 0 Å². The SMILES string of the molecule is COC(=O)CC[C@H]1CCNCC[C@H]1N. The van der Waals surface area contributed by atoms with Gasteiger partial charge in [-0.1, -0.05) is 0 Å². The van der Waals surface area contributed by atoms with E-state index in [1.165, 1.54) is 7.11 Å². The lowest BCUT2D eigenvalue weighted by Gasteiger charge is -2.19. The van der Waals surface area contributed by atoms with Gasteiger partial charge in [0.1, 0.15) is 0 Å². The van der Waals surface area contributed by atoms with Crippen LogP contribution in [0.5, 0.6) is 0 Å². The molecule has 4 nitrogen and oxygen atoms in total. The van der Waals surface area contributed by atoms with E-state index in [2.05, 4.69) is 10.1 Å². The fourth-order valence-electron chi connectivity index (χ4n) is 1.89. The Morgan fingerprint density at radius 3 is 2.93 bits per heavy atom. The van der Waals surface area contributed by atoms with E-state index in [9.17, 15) is 4.79 Å². The number of esters is 1. The summed E-state index contributed by atoms with van der Waals surface area (Å²) in [7, 11) is 1.43. The third kappa shape index (κ3) is 3.64. The molecule has 1 heterocycles. The third-order valence-electron chi connectivity index (χ3n) is 2.90. The Balaban J connectivity index is 2.29. The van der Waals surface area contributed by atoms with Crippen LogP contribution in [0.4, 0.5) is 0 Å². The molecular weight excluding hydrogens is 180 g/mol. The average Bonchev–Trinajstić information content (AvgIpc) is 2.39. The quantitative estimate of drug-likeness (QED) is 0.642. The third-order valence-corrected chi connectivity index (χ3v) is 2.90. The van der Waals surface area contributed by atoms with Crippen molar-refractivity contribution in [3.05, 3.63) is 0 Å². The summed E-state index contributed by atoms with van der Waals surface area (Å²) in [6.07, 6.45) is 3.42. The first-order valence-electron chi connectivity index (χ1n) is 5.27. The number of nitrogens with one attached hydrogen (secondary N) is 1. The highest BCUT2D eigenvalue weighted by Gasteiger charge is 2.20. The van der Waals surface area contributed by atoms with Gasteiger partial charge in [0.05, 0.1) is 7.11 Å². The second-order valence-corrected chi connectivity index (χ2v) is 3.87. The Kier molecular flexibility index (Phi) is 4.90. The van der Waals surface area contributed by atoms with Crippen LogP contribution in [-0.4, -0.2) is 32.2 Å². The molecule has 82 valence electrons. The molecule has 1 aliphatic heterocycles. The first-order valence-corrected chi connectivity index (χ1v) is 5.27. The van der Waals surface area contributed by atoms with Crippen LogP contribution < -0.4 is 11.1 Å². The van der Waals surface area contributed by atoms with Crippen LogP contribution in [0.25, 0.3) is 0 Å². The van der Waals surface area contributed by atoms with Crippen molar-refractivity contribution in [1.29, 1.82) is 0 Å². The number of hydrogen-bond donors (Lipinski definition) is 2. The lowest BCUT2D eigenvalue weighted by molar-refractivity contribution is -0.141. The summed E-state index contributed by atoms with van der Waals surface area (Å²) in [5.74, 6) is 0.332. The lowest BCUT2D eigenvalue weighted by atomic mass is 9.91.